The van der Waals surface area contributed by atoms with Gasteiger partial charge in [0.05, 0.1) is 7.11 Å². The molecule has 2 rings (SSSR count). The summed E-state index contributed by atoms with van der Waals surface area (Å²) in [5.41, 5.74) is 1.02. The van der Waals surface area contributed by atoms with Gasteiger partial charge in [-0.15, -0.1) is 24.8 Å². The molecule has 1 heterocycles. The topological polar surface area (TPSA) is 44.7 Å². The second-order valence-corrected chi connectivity index (χ2v) is 5.02. The van der Waals surface area contributed by atoms with Gasteiger partial charge in [-0.1, -0.05) is 19.4 Å². The van der Waals surface area contributed by atoms with Crippen molar-refractivity contribution in [3.8, 4) is 11.5 Å². The molecule has 0 aliphatic carbocycles. The molecule has 0 aromatic heterocycles. The maximum atomic E-state index is 10.2. The highest BCUT2D eigenvalue weighted by Crippen LogP contribution is 2.34. The van der Waals surface area contributed by atoms with Crippen LogP contribution in [-0.4, -0.2) is 43.3 Å². The summed E-state index contributed by atoms with van der Waals surface area (Å²) in [6.07, 6.45) is 2.18. The van der Waals surface area contributed by atoms with Crippen molar-refractivity contribution < 1.29 is 9.84 Å². The van der Waals surface area contributed by atoms with Crippen LogP contribution >= 0.6 is 24.8 Å². The Kier molecular flexibility index (Phi) is 9.79. The summed E-state index contributed by atoms with van der Waals surface area (Å²) in [5, 5.41) is 13.6. The third-order valence-corrected chi connectivity index (χ3v) is 3.75. The number of rotatable bonds is 5. The highest BCUT2D eigenvalue weighted by atomic mass is 35.5. The number of aromatic hydroxyl groups is 1. The summed E-state index contributed by atoms with van der Waals surface area (Å²) in [4.78, 5) is 2.46. The van der Waals surface area contributed by atoms with Crippen LogP contribution in [0.2, 0.25) is 0 Å². The fraction of sp³-hybridized carbons (Fsp3) is 0.600. The normalized spacial score (nSPS) is 16.5. The number of phenols is 1. The average molecular weight is 337 g/mol. The Labute approximate surface area is 139 Å². The summed E-state index contributed by atoms with van der Waals surface area (Å²) in [7, 11) is 1.62. The lowest BCUT2D eigenvalue weighted by atomic mass is 9.98. The number of phenolic OH excluding ortho intramolecular Hbond substituents is 1. The number of hydrogen-bond donors (Lipinski definition) is 2. The predicted molar refractivity (Wildman–Crippen MR) is 91.2 cm³/mol. The van der Waals surface area contributed by atoms with E-state index < -0.39 is 0 Å². The van der Waals surface area contributed by atoms with E-state index in [1.54, 1.807) is 13.2 Å². The molecule has 6 heteroatoms. The molecule has 1 fully saturated rings. The first kappa shape index (κ1) is 20.3. The molecule has 1 aromatic carbocycles. The molecular weight excluding hydrogens is 311 g/mol. The van der Waals surface area contributed by atoms with Gasteiger partial charge in [-0.25, -0.2) is 0 Å². The van der Waals surface area contributed by atoms with Crippen LogP contribution in [0.3, 0.4) is 0 Å². The first-order chi connectivity index (χ1) is 9.26. The van der Waals surface area contributed by atoms with Crippen molar-refractivity contribution in [3.05, 3.63) is 23.8 Å². The van der Waals surface area contributed by atoms with Crippen molar-refractivity contribution in [3.63, 3.8) is 0 Å². The van der Waals surface area contributed by atoms with Crippen LogP contribution in [0.15, 0.2) is 18.2 Å². The van der Waals surface area contributed by atoms with Crippen molar-refractivity contribution in [2.24, 2.45) is 0 Å². The highest BCUT2D eigenvalue weighted by molar-refractivity contribution is 5.85. The number of ether oxygens (including phenoxy) is 1. The summed E-state index contributed by atoms with van der Waals surface area (Å²) in [5.74, 6) is 1.05. The lowest BCUT2D eigenvalue weighted by Crippen LogP contribution is -2.45. The molecule has 122 valence electrons. The van der Waals surface area contributed by atoms with Gasteiger partial charge in [0.2, 0.25) is 0 Å². The Hall–Kier alpha value is -0.680. The third kappa shape index (κ3) is 5.22. The molecule has 0 amide bonds. The van der Waals surface area contributed by atoms with Crippen molar-refractivity contribution in [1.82, 2.24) is 10.2 Å². The SMILES string of the molecule is CCC[C@@H](c1ccc(OC)cc1O)N1CCNCC1.Cl.Cl. The number of nitrogens with zero attached hydrogens (tertiary/aromatic N) is 1. The minimum Gasteiger partial charge on any atom is -0.507 e. The number of halogens is 2. The molecule has 1 saturated heterocycles. The summed E-state index contributed by atoms with van der Waals surface area (Å²) < 4.78 is 5.15. The second-order valence-electron chi connectivity index (χ2n) is 5.02. The lowest BCUT2D eigenvalue weighted by molar-refractivity contribution is 0.162. The summed E-state index contributed by atoms with van der Waals surface area (Å²) in [6, 6.07) is 5.94. The standard InChI is InChI=1S/C15H24N2O2.2ClH/c1-3-4-14(17-9-7-16-8-10-17)13-6-5-12(19-2)11-15(13)18;;/h5-6,11,14,16,18H,3-4,7-10H2,1-2H3;2*1H/t14-;;/m0../s1. The molecule has 0 unspecified atom stereocenters. The Morgan fingerprint density at radius 2 is 1.95 bits per heavy atom. The van der Waals surface area contributed by atoms with Gasteiger partial charge in [0.25, 0.3) is 0 Å². The fourth-order valence-corrected chi connectivity index (χ4v) is 2.73. The summed E-state index contributed by atoms with van der Waals surface area (Å²) in [6.45, 7) is 6.32. The fourth-order valence-electron chi connectivity index (χ4n) is 2.73. The second kappa shape index (κ2) is 10.1. The van der Waals surface area contributed by atoms with Gasteiger partial charge in [0.1, 0.15) is 11.5 Å². The van der Waals surface area contributed by atoms with Crippen LogP contribution in [0, 0.1) is 0 Å². The van der Waals surface area contributed by atoms with Crippen molar-refractivity contribution in [1.29, 1.82) is 0 Å². The van der Waals surface area contributed by atoms with Crippen LogP contribution in [0.1, 0.15) is 31.4 Å². The number of benzene rings is 1. The van der Waals surface area contributed by atoms with E-state index in [2.05, 4.69) is 17.1 Å². The van der Waals surface area contributed by atoms with Crippen LogP contribution in [-0.2, 0) is 0 Å². The van der Waals surface area contributed by atoms with Crippen molar-refractivity contribution >= 4 is 24.8 Å². The maximum Gasteiger partial charge on any atom is 0.124 e. The monoisotopic (exact) mass is 336 g/mol. The van der Waals surface area contributed by atoms with E-state index >= 15 is 0 Å². The molecular formula is C15H26Cl2N2O2. The molecule has 1 aromatic rings. The highest BCUT2D eigenvalue weighted by Gasteiger charge is 2.23. The molecule has 1 aliphatic rings. The number of hydrogen-bond acceptors (Lipinski definition) is 4. The first-order valence-electron chi connectivity index (χ1n) is 7.08. The lowest BCUT2D eigenvalue weighted by Gasteiger charge is -2.35. The van der Waals surface area contributed by atoms with Gasteiger partial charge in [-0.3, -0.25) is 4.90 Å². The molecule has 0 spiro atoms. The molecule has 1 aliphatic heterocycles. The molecule has 2 N–H and O–H groups in total. The van der Waals surface area contributed by atoms with E-state index in [9.17, 15) is 5.11 Å². The predicted octanol–water partition coefficient (Wildman–Crippen LogP) is 2.99. The van der Waals surface area contributed by atoms with E-state index in [4.69, 9.17) is 4.74 Å². The molecule has 0 radical (unpaired) electrons. The number of methoxy groups -OCH3 is 1. The van der Waals surface area contributed by atoms with E-state index in [0.717, 1.165) is 44.6 Å². The molecule has 21 heavy (non-hydrogen) atoms. The van der Waals surface area contributed by atoms with Gasteiger partial charge in [0, 0.05) is 43.9 Å². The zero-order chi connectivity index (χ0) is 13.7. The van der Waals surface area contributed by atoms with Gasteiger partial charge < -0.3 is 15.2 Å². The Morgan fingerprint density at radius 3 is 2.48 bits per heavy atom. The minimum atomic E-state index is 0. The Balaban J connectivity index is 0.00000200. The van der Waals surface area contributed by atoms with E-state index in [-0.39, 0.29) is 24.8 Å². The van der Waals surface area contributed by atoms with Crippen molar-refractivity contribution in [2.45, 2.75) is 25.8 Å². The first-order valence-corrected chi connectivity index (χ1v) is 7.08. The molecule has 0 bridgehead atoms. The molecule has 4 nitrogen and oxygen atoms in total. The van der Waals surface area contributed by atoms with Gasteiger partial charge in [0.15, 0.2) is 0 Å². The summed E-state index contributed by atoms with van der Waals surface area (Å²) >= 11 is 0. The molecule has 1 atom stereocenters. The largest absolute Gasteiger partial charge is 0.507 e. The zero-order valence-corrected chi connectivity index (χ0v) is 14.3. The van der Waals surface area contributed by atoms with Crippen LogP contribution in [0.4, 0.5) is 0 Å². The van der Waals surface area contributed by atoms with E-state index in [1.165, 1.54) is 0 Å². The average Bonchev–Trinajstić information content (AvgIpc) is 2.46. The van der Waals surface area contributed by atoms with Crippen LogP contribution in [0.5, 0.6) is 11.5 Å². The van der Waals surface area contributed by atoms with Gasteiger partial charge in [-0.2, -0.15) is 0 Å². The minimum absolute atomic E-state index is 0. The Morgan fingerprint density at radius 1 is 1.29 bits per heavy atom. The quantitative estimate of drug-likeness (QED) is 0.867. The molecule has 0 saturated carbocycles. The van der Waals surface area contributed by atoms with E-state index in [1.807, 2.05) is 12.1 Å². The van der Waals surface area contributed by atoms with Crippen molar-refractivity contribution in [2.75, 3.05) is 33.3 Å². The van der Waals surface area contributed by atoms with Crippen LogP contribution < -0.4 is 10.1 Å². The number of nitrogens with one attached hydrogen (secondary N) is 1. The Bertz CT molecular complexity index is 413. The number of piperazine rings is 1. The smallest absolute Gasteiger partial charge is 0.124 e. The maximum absolute atomic E-state index is 10.2. The zero-order valence-electron chi connectivity index (χ0n) is 12.7. The van der Waals surface area contributed by atoms with E-state index in [0.29, 0.717) is 17.5 Å². The van der Waals surface area contributed by atoms with Gasteiger partial charge in [-0.05, 0) is 12.5 Å². The van der Waals surface area contributed by atoms with Crippen LogP contribution in [0.25, 0.3) is 0 Å². The van der Waals surface area contributed by atoms with Gasteiger partial charge >= 0.3 is 0 Å². The third-order valence-electron chi connectivity index (χ3n) is 3.75.